The van der Waals surface area contributed by atoms with Crippen LogP contribution in [0.5, 0.6) is 0 Å². The van der Waals surface area contributed by atoms with Crippen LogP contribution in [0.15, 0.2) is 6.20 Å². The molecule has 1 aromatic heterocycles. The van der Waals surface area contributed by atoms with Crippen LogP contribution in [0.2, 0.25) is 0 Å². The number of aliphatic imine (C=N–C) groups is 1. The molecule has 0 atom stereocenters. The van der Waals surface area contributed by atoms with Crippen LogP contribution in [0.25, 0.3) is 6.08 Å². The zero-order chi connectivity index (χ0) is 6.97. The van der Waals surface area contributed by atoms with Crippen molar-refractivity contribution in [2.24, 2.45) is 0 Å². The summed E-state index contributed by atoms with van der Waals surface area (Å²) in [5, 5.41) is 0. The zero-order valence-electron chi connectivity index (χ0n) is 5.63. The maximum absolute atomic E-state index is 4.20. The lowest BCUT2D eigenvalue weighted by molar-refractivity contribution is 1.14. The van der Waals surface area contributed by atoms with Gasteiger partial charge in [0.2, 0.25) is 6.20 Å². The number of aromatic nitrogens is 2. The summed E-state index contributed by atoms with van der Waals surface area (Å²) in [5.74, 6) is 0.933. The zero-order valence-corrected chi connectivity index (χ0v) is 5.63. The van der Waals surface area contributed by atoms with Gasteiger partial charge in [0, 0.05) is 6.08 Å². The molecule has 0 saturated heterocycles. The van der Waals surface area contributed by atoms with E-state index in [2.05, 4.69) is 15.0 Å². The molecule has 2 rings (SSSR count). The Morgan fingerprint density at radius 1 is 1.60 bits per heavy atom. The Labute approximate surface area is 58.5 Å². The third-order valence-electron chi connectivity index (χ3n) is 1.40. The Morgan fingerprint density at radius 2 is 2.50 bits per heavy atom. The molecule has 0 fully saturated rings. The Kier molecular flexibility index (Phi) is 0.974. The lowest BCUT2D eigenvalue weighted by Crippen LogP contribution is -1.94. The molecule has 1 aromatic rings. The SMILES string of the molecule is Cc1nc2c([nH]1)C=C[N+]=C2. The minimum atomic E-state index is 0.931. The van der Waals surface area contributed by atoms with Gasteiger partial charge in [-0.25, -0.2) is 4.98 Å². The fourth-order valence-electron chi connectivity index (χ4n) is 0.984. The van der Waals surface area contributed by atoms with E-state index in [1.54, 1.807) is 12.4 Å². The molecule has 0 unspecified atom stereocenters. The second-order valence-electron chi connectivity index (χ2n) is 2.22. The van der Waals surface area contributed by atoms with Gasteiger partial charge >= 0.3 is 0 Å². The summed E-state index contributed by atoms with van der Waals surface area (Å²) < 4.78 is 0. The van der Waals surface area contributed by atoms with Gasteiger partial charge in [-0.15, -0.1) is 0 Å². The van der Waals surface area contributed by atoms with Gasteiger partial charge in [-0.05, 0) is 6.92 Å². The number of rotatable bonds is 0. The molecule has 49 valence electrons. The van der Waals surface area contributed by atoms with Crippen molar-refractivity contribution < 1.29 is 0 Å². The summed E-state index contributed by atoms with van der Waals surface area (Å²) in [6.45, 7) is 1.93. The quantitative estimate of drug-likeness (QED) is 0.548. The highest BCUT2D eigenvalue weighted by molar-refractivity contribution is 5.84. The van der Waals surface area contributed by atoms with Gasteiger partial charge in [0.25, 0.3) is 6.21 Å². The number of nitrogens with one attached hydrogen (secondary N) is 1. The van der Waals surface area contributed by atoms with E-state index < -0.39 is 0 Å². The first-order valence-electron chi connectivity index (χ1n) is 3.12. The molecular weight excluding hydrogens is 126 g/mol. The average Bonchev–Trinajstić information content (AvgIpc) is 2.27. The number of fused-ring (bicyclic) bond motifs is 1. The van der Waals surface area contributed by atoms with Crippen LogP contribution in [0.4, 0.5) is 0 Å². The Morgan fingerprint density at radius 3 is 3.30 bits per heavy atom. The molecule has 10 heavy (non-hydrogen) atoms. The highest BCUT2D eigenvalue weighted by atomic mass is 14.9. The number of hydrogen-bond acceptors (Lipinski definition) is 2. The fourth-order valence-corrected chi connectivity index (χ4v) is 0.984. The first-order valence-corrected chi connectivity index (χ1v) is 3.12. The summed E-state index contributed by atoms with van der Waals surface area (Å²) in [6.07, 6.45) is 5.41. The van der Waals surface area contributed by atoms with Crippen LogP contribution in [0.3, 0.4) is 0 Å². The van der Waals surface area contributed by atoms with E-state index in [9.17, 15) is 0 Å². The van der Waals surface area contributed by atoms with Crippen LogP contribution in [-0.2, 0) is 0 Å². The monoisotopic (exact) mass is 133 g/mol. The highest BCUT2D eigenvalue weighted by Crippen LogP contribution is 2.06. The summed E-state index contributed by atoms with van der Waals surface area (Å²) in [4.78, 5) is 11.2. The minimum absolute atomic E-state index is 0.931. The van der Waals surface area contributed by atoms with Crippen molar-refractivity contribution in [3.05, 3.63) is 23.4 Å². The largest absolute Gasteiger partial charge is 0.342 e. The molecule has 1 radical (unpaired) electrons. The summed E-state index contributed by atoms with van der Waals surface area (Å²) in [7, 11) is 0. The normalized spacial score (nSPS) is 13.7. The molecule has 2 heterocycles. The van der Waals surface area contributed by atoms with Crippen molar-refractivity contribution >= 4 is 12.3 Å². The van der Waals surface area contributed by atoms with Gasteiger partial charge < -0.3 is 4.98 Å². The first kappa shape index (κ1) is 5.41. The van der Waals surface area contributed by atoms with E-state index in [1.165, 1.54) is 0 Å². The summed E-state index contributed by atoms with van der Waals surface area (Å²) >= 11 is 0. The summed E-state index contributed by atoms with van der Waals surface area (Å²) in [5.41, 5.74) is 1.98. The van der Waals surface area contributed by atoms with Gasteiger partial charge in [-0.3, -0.25) is 0 Å². The van der Waals surface area contributed by atoms with E-state index in [0.717, 1.165) is 17.2 Å². The van der Waals surface area contributed by atoms with Gasteiger partial charge in [0.1, 0.15) is 5.82 Å². The number of aryl methyl sites for hydroxylation is 1. The topological polar surface area (TPSA) is 42.8 Å². The average molecular weight is 133 g/mol. The van der Waals surface area contributed by atoms with Crippen molar-refractivity contribution in [3.63, 3.8) is 0 Å². The predicted octanol–water partition coefficient (Wildman–Crippen LogP) is 0.457. The molecule has 1 aliphatic heterocycles. The van der Waals surface area contributed by atoms with Gasteiger partial charge in [0.05, 0.1) is 10.7 Å². The van der Waals surface area contributed by atoms with Crippen molar-refractivity contribution in [1.29, 1.82) is 0 Å². The lowest BCUT2D eigenvalue weighted by Gasteiger charge is -1.83. The van der Waals surface area contributed by atoms with Crippen LogP contribution in [-0.4, -0.2) is 16.2 Å². The summed E-state index contributed by atoms with van der Waals surface area (Å²) in [6, 6.07) is 0. The lowest BCUT2D eigenvalue weighted by atomic mass is 10.3. The van der Waals surface area contributed by atoms with Crippen molar-refractivity contribution in [2.45, 2.75) is 6.92 Å². The molecule has 0 spiro atoms. The standard InChI is InChI=1S/C7H7N3/c1-5-9-6-2-3-8-4-7(6)10-5/h2-4H,1H3,(H,9,10)/q+1. The van der Waals surface area contributed by atoms with Crippen LogP contribution >= 0.6 is 0 Å². The molecule has 3 heteroatoms. The first-order chi connectivity index (χ1) is 4.86. The third kappa shape index (κ3) is 0.673. The Bertz CT molecular complexity index is 277. The fraction of sp³-hybridized carbons (Fsp3) is 0.143. The minimum Gasteiger partial charge on any atom is -0.342 e. The van der Waals surface area contributed by atoms with Gasteiger partial charge in [-0.2, -0.15) is 0 Å². The number of nitrogens with zero attached hydrogens (tertiary/aromatic N) is 2. The van der Waals surface area contributed by atoms with Crippen LogP contribution in [0, 0.1) is 6.92 Å². The van der Waals surface area contributed by atoms with E-state index in [1.807, 2.05) is 13.0 Å². The second kappa shape index (κ2) is 1.80. The van der Waals surface area contributed by atoms with Gasteiger partial charge in [0.15, 0.2) is 5.69 Å². The maximum Gasteiger partial charge on any atom is 0.269 e. The van der Waals surface area contributed by atoms with E-state index in [-0.39, 0.29) is 0 Å². The molecule has 0 aliphatic carbocycles. The molecule has 0 aromatic carbocycles. The Hall–Kier alpha value is -1.38. The number of hydrogen-bond donors (Lipinski definition) is 1. The van der Waals surface area contributed by atoms with Gasteiger partial charge in [-0.1, -0.05) is 0 Å². The molecule has 3 nitrogen and oxygen atoms in total. The smallest absolute Gasteiger partial charge is 0.269 e. The van der Waals surface area contributed by atoms with Crippen molar-refractivity contribution in [3.8, 4) is 0 Å². The maximum atomic E-state index is 4.20. The van der Waals surface area contributed by atoms with Crippen molar-refractivity contribution in [2.75, 3.05) is 0 Å². The van der Waals surface area contributed by atoms with Crippen molar-refractivity contribution in [1.82, 2.24) is 15.0 Å². The molecule has 1 N–H and O–H groups in total. The number of aromatic amines is 1. The highest BCUT2D eigenvalue weighted by Gasteiger charge is 2.10. The van der Waals surface area contributed by atoms with E-state index >= 15 is 0 Å². The Balaban J connectivity index is 2.64. The van der Waals surface area contributed by atoms with E-state index in [0.29, 0.717) is 0 Å². The molecule has 0 saturated carbocycles. The van der Waals surface area contributed by atoms with E-state index in [4.69, 9.17) is 0 Å². The number of H-pyrrole nitrogens is 1. The van der Waals surface area contributed by atoms with Crippen LogP contribution < -0.4 is 4.99 Å². The molecule has 0 bridgehead atoms. The molecule has 1 aliphatic rings. The molecular formula is C7H7N3+. The number of imidazole rings is 1. The predicted molar refractivity (Wildman–Crippen MR) is 39.7 cm³/mol. The molecule has 0 amide bonds. The second-order valence-corrected chi connectivity index (χ2v) is 2.22. The van der Waals surface area contributed by atoms with Crippen LogP contribution in [0.1, 0.15) is 17.2 Å². The third-order valence-corrected chi connectivity index (χ3v) is 1.40.